The number of aromatic nitrogens is 3. The minimum atomic E-state index is -0.869. The molecule has 1 atom stereocenters. The van der Waals surface area contributed by atoms with Gasteiger partial charge in [0.05, 0.1) is 6.20 Å². The lowest BCUT2D eigenvalue weighted by Crippen LogP contribution is -2.29. The molecule has 0 saturated carbocycles. The molecule has 2 rings (SSSR count). The first-order valence-electron chi connectivity index (χ1n) is 6.12. The highest BCUT2D eigenvalue weighted by Gasteiger charge is 2.17. The Kier molecular flexibility index (Phi) is 4.63. The number of aliphatic carboxylic acids is 1. The summed E-state index contributed by atoms with van der Waals surface area (Å²) in [6.07, 6.45) is 4.20. The summed E-state index contributed by atoms with van der Waals surface area (Å²) < 4.78 is 1.72. The molecule has 1 aromatic heterocycles. The molecule has 100 valence electrons. The van der Waals surface area contributed by atoms with Crippen LogP contribution in [0.1, 0.15) is 18.0 Å². The zero-order chi connectivity index (χ0) is 13.5. The Morgan fingerprint density at radius 2 is 2.16 bits per heavy atom. The van der Waals surface area contributed by atoms with Crippen LogP contribution in [0.5, 0.6) is 0 Å². The van der Waals surface area contributed by atoms with Crippen molar-refractivity contribution in [1.29, 1.82) is 0 Å². The van der Waals surface area contributed by atoms with Crippen molar-refractivity contribution in [2.45, 2.75) is 19.0 Å². The smallest absolute Gasteiger partial charge is 0.325 e. The van der Waals surface area contributed by atoms with Crippen molar-refractivity contribution >= 4 is 5.97 Å². The number of rotatable bonds is 7. The van der Waals surface area contributed by atoms with Gasteiger partial charge in [-0.3, -0.25) is 9.48 Å². The van der Waals surface area contributed by atoms with Gasteiger partial charge in [-0.25, -0.2) is 0 Å². The van der Waals surface area contributed by atoms with Crippen LogP contribution in [0.4, 0.5) is 0 Å². The summed E-state index contributed by atoms with van der Waals surface area (Å²) >= 11 is 0. The van der Waals surface area contributed by atoms with Crippen molar-refractivity contribution in [1.82, 2.24) is 20.3 Å². The number of hydrogen-bond donors (Lipinski definition) is 2. The van der Waals surface area contributed by atoms with E-state index in [1.165, 1.54) is 0 Å². The highest BCUT2D eigenvalue weighted by atomic mass is 16.4. The molecule has 0 aliphatic carbocycles. The van der Waals surface area contributed by atoms with Gasteiger partial charge >= 0.3 is 5.97 Å². The van der Waals surface area contributed by atoms with Crippen molar-refractivity contribution < 1.29 is 9.90 Å². The van der Waals surface area contributed by atoms with Gasteiger partial charge < -0.3 is 10.4 Å². The van der Waals surface area contributed by atoms with Crippen LogP contribution >= 0.6 is 0 Å². The normalized spacial score (nSPS) is 12.2. The average molecular weight is 260 g/mol. The van der Waals surface area contributed by atoms with Crippen LogP contribution in [-0.2, 0) is 11.3 Å². The minimum Gasteiger partial charge on any atom is -0.480 e. The Labute approximate surface area is 111 Å². The monoisotopic (exact) mass is 260 g/mol. The predicted molar refractivity (Wildman–Crippen MR) is 69.5 cm³/mol. The van der Waals surface area contributed by atoms with Gasteiger partial charge in [0.15, 0.2) is 0 Å². The van der Waals surface area contributed by atoms with Gasteiger partial charge in [0.2, 0.25) is 0 Å². The lowest BCUT2D eigenvalue weighted by Gasteiger charge is -2.14. The third kappa shape index (κ3) is 3.89. The largest absolute Gasteiger partial charge is 0.480 e. The molecule has 0 radical (unpaired) electrons. The van der Waals surface area contributed by atoms with E-state index in [0.717, 1.165) is 12.0 Å². The Balaban J connectivity index is 1.83. The summed E-state index contributed by atoms with van der Waals surface area (Å²) in [5.74, 6) is -0.869. The van der Waals surface area contributed by atoms with Crippen LogP contribution < -0.4 is 5.32 Å². The van der Waals surface area contributed by atoms with E-state index in [0.29, 0.717) is 13.1 Å². The Morgan fingerprint density at radius 1 is 1.37 bits per heavy atom. The number of aryl methyl sites for hydroxylation is 1. The number of carboxylic acid groups (broad SMARTS) is 1. The summed E-state index contributed by atoms with van der Waals surface area (Å²) in [7, 11) is 0. The second-order valence-corrected chi connectivity index (χ2v) is 4.16. The molecule has 0 saturated heterocycles. The Bertz CT molecular complexity index is 499. The van der Waals surface area contributed by atoms with Crippen molar-refractivity contribution in [3.63, 3.8) is 0 Å². The third-order valence-corrected chi connectivity index (χ3v) is 2.76. The molecule has 19 heavy (non-hydrogen) atoms. The molecule has 0 fully saturated rings. The molecule has 1 aromatic carbocycles. The number of nitrogens with one attached hydrogen (secondary N) is 1. The molecular weight excluding hydrogens is 244 g/mol. The molecule has 0 bridgehead atoms. The fraction of sp³-hybridized carbons (Fsp3) is 0.308. The lowest BCUT2D eigenvalue weighted by molar-refractivity contribution is -0.139. The van der Waals surface area contributed by atoms with Gasteiger partial charge in [0.1, 0.15) is 6.04 Å². The maximum absolute atomic E-state index is 11.2. The van der Waals surface area contributed by atoms with Gasteiger partial charge in [-0.05, 0) is 18.5 Å². The summed E-state index contributed by atoms with van der Waals surface area (Å²) in [5, 5.41) is 19.8. The van der Waals surface area contributed by atoms with Crippen LogP contribution in [0.25, 0.3) is 0 Å². The van der Waals surface area contributed by atoms with Crippen LogP contribution in [-0.4, -0.2) is 32.6 Å². The van der Waals surface area contributed by atoms with Crippen molar-refractivity contribution in [3.05, 3.63) is 48.3 Å². The fourth-order valence-electron chi connectivity index (χ4n) is 1.83. The molecule has 2 N–H and O–H groups in total. The van der Waals surface area contributed by atoms with E-state index in [1.807, 2.05) is 30.3 Å². The molecular formula is C13H16N4O2. The van der Waals surface area contributed by atoms with Gasteiger partial charge in [0, 0.05) is 12.7 Å². The van der Waals surface area contributed by atoms with Gasteiger partial charge in [0.25, 0.3) is 0 Å². The standard InChI is InChI=1S/C13H16N4O2/c18-13(19)12(11-5-2-1-3-6-11)14-7-4-9-17-10-8-15-16-17/h1-3,5-6,8,10,12,14H,4,7,9H2,(H,18,19). The fourth-order valence-corrected chi connectivity index (χ4v) is 1.83. The highest BCUT2D eigenvalue weighted by molar-refractivity contribution is 5.75. The molecule has 6 nitrogen and oxygen atoms in total. The molecule has 0 spiro atoms. The lowest BCUT2D eigenvalue weighted by atomic mass is 10.1. The van der Waals surface area contributed by atoms with Gasteiger partial charge in [-0.15, -0.1) is 5.10 Å². The van der Waals surface area contributed by atoms with E-state index < -0.39 is 12.0 Å². The Morgan fingerprint density at radius 3 is 2.79 bits per heavy atom. The number of benzene rings is 1. The van der Waals surface area contributed by atoms with Crippen LogP contribution in [0.15, 0.2) is 42.7 Å². The van der Waals surface area contributed by atoms with E-state index in [1.54, 1.807) is 17.1 Å². The Hall–Kier alpha value is -2.21. The van der Waals surface area contributed by atoms with Crippen LogP contribution in [0.2, 0.25) is 0 Å². The minimum absolute atomic E-state index is 0.603. The van der Waals surface area contributed by atoms with Crippen molar-refractivity contribution in [2.75, 3.05) is 6.54 Å². The van der Waals surface area contributed by atoms with Crippen LogP contribution in [0.3, 0.4) is 0 Å². The first kappa shape index (κ1) is 13.2. The topological polar surface area (TPSA) is 80.0 Å². The van der Waals surface area contributed by atoms with E-state index in [-0.39, 0.29) is 0 Å². The van der Waals surface area contributed by atoms with Crippen molar-refractivity contribution in [3.8, 4) is 0 Å². The predicted octanol–water partition coefficient (Wildman–Crippen LogP) is 1.08. The number of carboxylic acids is 1. The molecule has 1 heterocycles. The first-order valence-corrected chi connectivity index (χ1v) is 6.12. The van der Waals surface area contributed by atoms with Gasteiger partial charge in [-0.2, -0.15) is 0 Å². The first-order chi connectivity index (χ1) is 9.27. The van der Waals surface area contributed by atoms with E-state index in [4.69, 9.17) is 0 Å². The molecule has 0 amide bonds. The van der Waals surface area contributed by atoms with E-state index in [2.05, 4.69) is 15.6 Å². The zero-order valence-corrected chi connectivity index (χ0v) is 10.4. The molecule has 1 unspecified atom stereocenters. The summed E-state index contributed by atoms with van der Waals surface area (Å²) in [4.78, 5) is 11.2. The second-order valence-electron chi connectivity index (χ2n) is 4.16. The van der Waals surface area contributed by atoms with Crippen LogP contribution in [0, 0.1) is 0 Å². The molecule has 0 aliphatic heterocycles. The molecule has 2 aromatic rings. The van der Waals surface area contributed by atoms with E-state index >= 15 is 0 Å². The summed E-state index contributed by atoms with van der Waals surface area (Å²) in [5.41, 5.74) is 0.760. The second kappa shape index (κ2) is 6.65. The number of hydrogen-bond acceptors (Lipinski definition) is 4. The third-order valence-electron chi connectivity index (χ3n) is 2.76. The maximum Gasteiger partial charge on any atom is 0.325 e. The summed E-state index contributed by atoms with van der Waals surface area (Å²) in [6.45, 7) is 1.32. The van der Waals surface area contributed by atoms with E-state index in [9.17, 15) is 9.90 Å². The maximum atomic E-state index is 11.2. The van der Waals surface area contributed by atoms with Gasteiger partial charge in [-0.1, -0.05) is 35.5 Å². The quantitative estimate of drug-likeness (QED) is 0.728. The average Bonchev–Trinajstić information content (AvgIpc) is 2.92. The van der Waals surface area contributed by atoms with Crippen molar-refractivity contribution in [2.24, 2.45) is 0 Å². The number of nitrogens with zero attached hydrogens (tertiary/aromatic N) is 3. The SMILES string of the molecule is O=C(O)C(NCCCn1ccnn1)c1ccccc1. The highest BCUT2D eigenvalue weighted by Crippen LogP contribution is 2.12. The molecule has 6 heteroatoms. The number of carbonyl (C=O) groups is 1. The summed E-state index contributed by atoms with van der Waals surface area (Å²) in [6, 6.07) is 8.49. The zero-order valence-electron chi connectivity index (χ0n) is 10.4. The molecule has 0 aliphatic rings.